The number of rotatable bonds is 4. The Morgan fingerprint density at radius 2 is 2.20 bits per heavy atom. The van der Waals surface area contributed by atoms with Gasteiger partial charge in [0.15, 0.2) is 0 Å². The number of carboxylic acid groups (broad SMARTS) is 1. The zero-order valence-corrected chi connectivity index (χ0v) is 8.84. The van der Waals surface area contributed by atoms with Gasteiger partial charge in [0.1, 0.15) is 4.88 Å². The van der Waals surface area contributed by atoms with E-state index in [0.717, 1.165) is 17.7 Å². The van der Waals surface area contributed by atoms with E-state index < -0.39 is 5.97 Å². The summed E-state index contributed by atoms with van der Waals surface area (Å²) in [6.45, 7) is 0.438. The van der Waals surface area contributed by atoms with Gasteiger partial charge >= 0.3 is 5.97 Å². The van der Waals surface area contributed by atoms with Gasteiger partial charge in [-0.3, -0.25) is 4.79 Å². The lowest BCUT2D eigenvalue weighted by Gasteiger charge is -2.00. The number of carbonyl (C=O) groups is 2. The van der Waals surface area contributed by atoms with Gasteiger partial charge in [0.2, 0.25) is 5.91 Å². The van der Waals surface area contributed by atoms with E-state index in [1.807, 2.05) is 0 Å². The van der Waals surface area contributed by atoms with E-state index in [1.165, 1.54) is 11.3 Å². The molecule has 1 aromatic heterocycles. The third-order valence-corrected chi connectivity index (χ3v) is 3.33. The van der Waals surface area contributed by atoms with Crippen LogP contribution in [0.25, 0.3) is 0 Å². The predicted octanol–water partition coefficient (Wildman–Crippen LogP) is 1.47. The molecular weight excluding hydrogens is 214 g/mol. The van der Waals surface area contributed by atoms with Gasteiger partial charge in [-0.2, -0.15) is 0 Å². The molecule has 15 heavy (non-hydrogen) atoms. The van der Waals surface area contributed by atoms with Crippen molar-refractivity contribution >= 4 is 23.2 Å². The minimum atomic E-state index is -0.917. The summed E-state index contributed by atoms with van der Waals surface area (Å²) in [6.07, 6.45) is 1.97. The SMILES string of the molecule is O=C(O)c1ccc(CNC(=O)C2CC2)s1. The van der Waals surface area contributed by atoms with Crippen LogP contribution in [-0.2, 0) is 11.3 Å². The second kappa shape index (κ2) is 4.02. The van der Waals surface area contributed by atoms with Crippen molar-refractivity contribution in [3.63, 3.8) is 0 Å². The molecule has 4 nitrogen and oxygen atoms in total. The van der Waals surface area contributed by atoms with Crippen molar-refractivity contribution in [2.45, 2.75) is 19.4 Å². The molecule has 2 rings (SSSR count). The molecule has 1 saturated carbocycles. The average molecular weight is 225 g/mol. The number of hydrogen-bond acceptors (Lipinski definition) is 3. The van der Waals surface area contributed by atoms with Gasteiger partial charge in [0.25, 0.3) is 0 Å². The van der Waals surface area contributed by atoms with Gasteiger partial charge in [0.05, 0.1) is 6.54 Å². The Kier molecular flexibility index (Phi) is 2.73. The van der Waals surface area contributed by atoms with Crippen molar-refractivity contribution in [2.75, 3.05) is 0 Å². The fourth-order valence-corrected chi connectivity index (χ4v) is 2.04. The number of amides is 1. The van der Waals surface area contributed by atoms with E-state index >= 15 is 0 Å². The van der Waals surface area contributed by atoms with Crippen molar-refractivity contribution in [3.8, 4) is 0 Å². The smallest absolute Gasteiger partial charge is 0.345 e. The monoisotopic (exact) mass is 225 g/mol. The molecule has 1 heterocycles. The topological polar surface area (TPSA) is 66.4 Å². The zero-order chi connectivity index (χ0) is 10.8. The Balaban J connectivity index is 1.87. The molecule has 5 heteroatoms. The minimum Gasteiger partial charge on any atom is -0.477 e. The van der Waals surface area contributed by atoms with Crippen molar-refractivity contribution in [3.05, 3.63) is 21.9 Å². The largest absolute Gasteiger partial charge is 0.477 e. The highest BCUT2D eigenvalue weighted by Gasteiger charge is 2.29. The fraction of sp³-hybridized carbons (Fsp3) is 0.400. The second-order valence-corrected chi connectivity index (χ2v) is 4.73. The summed E-state index contributed by atoms with van der Waals surface area (Å²) < 4.78 is 0. The van der Waals surface area contributed by atoms with Crippen LogP contribution in [0.15, 0.2) is 12.1 Å². The highest BCUT2D eigenvalue weighted by atomic mass is 32.1. The molecule has 0 aliphatic heterocycles. The maximum Gasteiger partial charge on any atom is 0.345 e. The molecule has 0 radical (unpaired) electrons. The molecule has 0 spiro atoms. The maximum absolute atomic E-state index is 11.3. The molecule has 1 aliphatic carbocycles. The highest BCUT2D eigenvalue weighted by molar-refractivity contribution is 7.13. The number of thiophene rings is 1. The predicted molar refractivity (Wildman–Crippen MR) is 55.8 cm³/mol. The Morgan fingerprint density at radius 1 is 1.47 bits per heavy atom. The molecule has 0 bridgehead atoms. The number of hydrogen-bond donors (Lipinski definition) is 2. The van der Waals surface area contributed by atoms with E-state index in [2.05, 4.69) is 5.32 Å². The fourth-order valence-electron chi connectivity index (χ4n) is 1.25. The first-order valence-corrected chi connectivity index (χ1v) is 5.58. The minimum absolute atomic E-state index is 0.0836. The van der Waals surface area contributed by atoms with Gasteiger partial charge < -0.3 is 10.4 Å². The van der Waals surface area contributed by atoms with Crippen molar-refractivity contribution < 1.29 is 14.7 Å². The normalized spacial score (nSPS) is 14.9. The Labute approximate surface area is 90.9 Å². The quantitative estimate of drug-likeness (QED) is 0.815. The van der Waals surface area contributed by atoms with Crippen LogP contribution < -0.4 is 5.32 Å². The van der Waals surface area contributed by atoms with Crippen LogP contribution in [0.5, 0.6) is 0 Å². The van der Waals surface area contributed by atoms with Crippen molar-refractivity contribution in [1.29, 1.82) is 0 Å². The van der Waals surface area contributed by atoms with Crippen molar-refractivity contribution in [2.24, 2.45) is 5.92 Å². The summed E-state index contributed by atoms with van der Waals surface area (Å²) in [5, 5.41) is 11.5. The lowest BCUT2D eigenvalue weighted by Crippen LogP contribution is -2.23. The molecule has 0 aromatic carbocycles. The third-order valence-electron chi connectivity index (χ3n) is 2.26. The van der Waals surface area contributed by atoms with E-state index in [9.17, 15) is 9.59 Å². The Bertz CT molecular complexity index is 395. The molecule has 0 unspecified atom stereocenters. The van der Waals surface area contributed by atoms with Gasteiger partial charge in [0, 0.05) is 10.8 Å². The zero-order valence-electron chi connectivity index (χ0n) is 8.03. The van der Waals surface area contributed by atoms with Crippen LogP contribution in [0.1, 0.15) is 27.4 Å². The Hall–Kier alpha value is -1.36. The molecule has 1 aliphatic rings. The second-order valence-electron chi connectivity index (χ2n) is 3.56. The van der Waals surface area contributed by atoms with E-state index in [1.54, 1.807) is 12.1 Å². The molecule has 1 aromatic rings. The van der Waals surface area contributed by atoms with E-state index in [-0.39, 0.29) is 11.8 Å². The first-order valence-electron chi connectivity index (χ1n) is 4.76. The lowest BCUT2D eigenvalue weighted by molar-refractivity contribution is -0.122. The number of nitrogens with one attached hydrogen (secondary N) is 1. The molecule has 1 amide bonds. The molecule has 0 saturated heterocycles. The molecule has 1 fully saturated rings. The van der Waals surface area contributed by atoms with E-state index in [0.29, 0.717) is 11.4 Å². The van der Waals surface area contributed by atoms with Gasteiger partial charge in [-0.15, -0.1) is 11.3 Å². The third kappa shape index (κ3) is 2.56. The summed E-state index contributed by atoms with van der Waals surface area (Å²) in [5.74, 6) is -0.635. The number of aromatic carboxylic acids is 1. The van der Waals surface area contributed by atoms with E-state index in [4.69, 9.17) is 5.11 Å². The maximum atomic E-state index is 11.3. The first kappa shape index (κ1) is 10.2. The van der Waals surface area contributed by atoms with Gasteiger partial charge in [-0.25, -0.2) is 4.79 Å². The first-order chi connectivity index (χ1) is 7.16. The van der Waals surface area contributed by atoms with Crippen LogP contribution in [0.3, 0.4) is 0 Å². The molecule has 2 N–H and O–H groups in total. The van der Waals surface area contributed by atoms with Crippen LogP contribution in [0.2, 0.25) is 0 Å². The summed E-state index contributed by atoms with van der Waals surface area (Å²) >= 11 is 1.20. The number of carbonyl (C=O) groups excluding carboxylic acids is 1. The highest BCUT2D eigenvalue weighted by Crippen LogP contribution is 2.29. The van der Waals surface area contributed by atoms with Crippen molar-refractivity contribution in [1.82, 2.24) is 5.32 Å². The molecule has 0 atom stereocenters. The van der Waals surface area contributed by atoms with Gasteiger partial charge in [-0.05, 0) is 25.0 Å². The van der Waals surface area contributed by atoms with Gasteiger partial charge in [-0.1, -0.05) is 0 Å². The van der Waals surface area contributed by atoms with Crippen LogP contribution in [-0.4, -0.2) is 17.0 Å². The standard InChI is InChI=1S/C10H11NO3S/c12-9(6-1-2-6)11-5-7-3-4-8(15-7)10(13)14/h3-4,6H,1-2,5H2,(H,11,12)(H,13,14). The summed E-state index contributed by atoms with van der Waals surface area (Å²) in [5.41, 5.74) is 0. The Morgan fingerprint density at radius 3 is 2.73 bits per heavy atom. The van der Waals surface area contributed by atoms with Crippen LogP contribution in [0.4, 0.5) is 0 Å². The van der Waals surface area contributed by atoms with Crippen LogP contribution >= 0.6 is 11.3 Å². The summed E-state index contributed by atoms with van der Waals surface area (Å²) in [4.78, 5) is 23.1. The average Bonchev–Trinajstić information content (AvgIpc) is 2.93. The lowest BCUT2D eigenvalue weighted by atomic mass is 10.3. The number of carboxylic acids is 1. The molecular formula is C10H11NO3S. The summed E-state index contributed by atoms with van der Waals surface area (Å²) in [6, 6.07) is 3.30. The molecule has 80 valence electrons. The van der Waals surface area contributed by atoms with Crippen LogP contribution in [0, 0.1) is 5.92 Å². The summed E-state index contributed by atoms with van der Waals surface area (Å²) in [7, 11) is 0.